The summed E-state index contributed by atoms with van der Waals surface area (Å²) in [4.78, 5) is 0. The molecule has 3 heteroatoms. The number of halogens is 2. The van der Waals surface area contributed by atoms with E-state index in [9.17, 15) is 4.39 Å². The Morgan fingerprint density at radius 2 is 2.07 bits per heavy atom. The van der Waals surface area contributed by atoms with E-state index in [0.717, 1.165) is 16.5 Å². The average Bonchev–Trinajstić information content (AvgIpc) is 2.02. The Morgan fingerprint density at radius 3 is 2.50 bits per heavy atom. The topological polar surface area (TPSA) is 26.0 Å². The molecule has 1 rings (SSSR count). The largest absolute Gasteiger partial charge is 0.330 e. The molecule has 78 valence electrons. The van der Waals surface area contributed by atoms with Crippen molar-refractivity contribution in [3.63, 3.8) is 0 Å². The van der Waals surface area contributed by atoms with Gasteiger partial charge in [-0.15, -0.1) is 0 Å². The highest BCUT2D eigenvalue weighted by molar-refractivity contribution is 9.10. The molecule has 0 unspecified atom stereocenters. The van der Waals surface area contributed by atoms with Crippen molar-refractivity contribution >= 4 is 15.9 Å². The molecule has 0 atom stereocenters. The minimum absolute atomic E-state index is 0.616. The normalized spacial score (nSPS) is 11.8. The first-order chi connectivity index (χ1) is 6.45. The molecule has 1 aromatic carbocycles. The summed E-state index contributed by atoms with van der Waals surface area (Å²) >= 11 is 3.37. The Labute approximate surface area is 92.6 Å². The maximum absolute atomic E-state index is 13.6. The lowest BCUT2D eigenvalue weighted by Crippen LogP contribution is -2.10. The average molecular weight is 260 g/mol. The van der Waals surface area contributed by atoms with Gasteiger partial charge in [0.05, 0.1) is 0 Å². The fourth-order valence-electron chi connectivity index (χ4n) is 1.36. The van der Waals surface area contributed by atoms with Crippen molar-refractivity contribution in [2.24, 2.45) is 5.73 Å². The van der Waals surface area contributed by atoms with Crippen LogP contribution in [0.1, 0.15) is 25.0 Å². The first-order valence-electron chi connectivity index (χ1n) is 4.63. The van der Waals surface area contributed by atoms with Gasteiger partial charge in [0, 0.05) is 10.0 Å². The van der Waals surface area contributed by atoms with Gasteiger partial charge in [0.25, 0.3) is 0 Å². The second-order valence-corrected chi connectivity index (χ2v) is 4.68. The maximum Gasteiger partial charge on any atom is 0.131 e. The van der Waals surface area contributed by atoms with Gasteiger partial charge in [-0.1, -0.05) is 28.1 Å². The van der Waals surface area contributed by atoms with Gasteiger partial charge in [0.15, 0.2) is 0 Å². The molecule has 1 nitrogen and oxygen atoms in total. The molecule has 0 spiro atoms. The minimum Gasteiger partial charge on any atom is -0.330 e. The molecule has 0 aliphatic heterocycles. The van der Waals surface area contributed by atoms with Crippen molar-refractivity contribution in [1.82, 2.24) is 0 Å². The van der Waals surface area contributed by atoms with Gasteiger partial charge in [-0.3, -0.25) is 0 Å². The standard InChI is InChI=1S/C11H15BrFN/c1-11(2,13)9-4-3-8(5-6-14)7-10(9)12/h3-4,7H,5-6,14H2,1-2H3. The number of benzene rings is 1. The summed E-state index contributed by atoms with van der Waals surface area (Å²) in [5.74, 6) is 0. The van der Waals surface area contributed by atoms with Gasteiger partial charge in [0.1, 0.15) is 5.67 Å². The van der Waals surface area contributed by atoms with Crippen LogP contribution in [0.5, 0.6) is 0 Å². The van der Waals surface area contributed by atoms with Crippen molar-refractivity contribution in [2.45, 2.75) is 25.9 Å². The molecule has 0 fully saturated rings. The molecular weight excluding hydrogens is 245 g/mol. The Morgan fingerprint density at radius 1 is 1.43 bits per heavy atom. The van der Waals surface area contributed by atoms with Crippen LogP contribution in [0.4, 0.5) is 4.39 Å². The highest BCUT2D eigenvalue weighted by atomic mass is 79.9. The molecule has 0 heterocycles. The van der Waals surface area contributed by atoms with Crippen molar-refractivity contribution in [2.75, 3.05) is 6.54 Å². The zero-order chi connectivity index (χ0) is 10.8. The summed E-state index contributed by atoms with van der Waals surface area (Å²) < 4.78 is 14.5. The molecule has 0 aliphatic carbocycles. The number of nitrogens with two attached hydrogens (primary N) is 1. The fourth-order valence-corrected chi connectivity index (χ4v) is 2.26. The van der Waals surface area contributed by atoms with Crippen molar-refractivity contribution in [1.29, 1.82) is 0 Å². The Hall–Kier alpha value is -0.410. The number of alkyl halides is 1. The van der Waals surface area contributed by atoms with Gasteiger partial charge in [-0.05, 0) is 38.4 Å². The smallest absolute Gasteiger partial charge is 0.131 e. The first-order valence-corrected chi connectivity index (χ1v) is 5.42. The monoisotopic (exact) mass is 259 g/mol. The van der Waals surface area contributed by atoms with Gasteiger partial charge in [0.2, 0.25) is 0 Å². The van der Waals surface area contributed by atoms with Crippen LogP contribution in [-0.4, -0.2) is 6.54 Å². The third kappa shape index (κ3) is 2.79. The summed E-state index contributed by atoms with van der Waals surface area (Å²) in [5, 5.41) is 0. The van der Waals surface area contributed by atoms with E-state index in [1.807, 2.05) is 18.2 Å². The Kier molecular flexibility index (Phi) is 3.67. The van der Waals surface area contributed by atoms with Gasteiger partial charge in [-0.2, -0.15) is 0 Å². The second-order valence-electron chi connectivity index (χ2n) is 3.83. The van der Waals surface area contributed by atoms with Crippen LogP contribution in [0.25, 0.3) is 0 Å². The highest BCUT2D eigenvalue weighted by Crippen LogP contribution is 2.31. The first kappa shape index (κ1) is 11.7. The number of hydrogen-bond acceptors (Lipinski definition) is 1. The van der Waals surface area contributed by atoms with Gasteiger partial charge >= 0.3 is 0 Å². The van der Waals surface area contributed by atoms with E-state index >= 15 is 0 Å². The minimum atomic E-state index is -1.31. The van der Waals surface area contributed by atoms with Crippen molar-refractivity contribution in [3.05, 3.63) is 33.8 Å². The Balaban J connectivity index is 3.02. The maximum atomic E-state index is 13.6. The summed E-state index contributed by atoms with van der Waals surface area (Å²) in [6.45, 7) is 3.72. The molecule has 0 bridgehead atoms. The Bertz CT molecular complexity index is 318. The third-order valence-corrected chi connectivity index (χ3v) is 2.76. The molecule has 0 amide bonds. The quantitative estimate of drug-likeness (QED) is 0.887. The van der Waals surface area contributed by atoms with Gasteiger partial charge in [-0.25, -0.2) is 4.39 Å². The molecule has 14 heavy (non-hydrogen) atoms. The van der Waals surface area contributed by atoms with Crippen LogP contribution < -0.4 is 5.73 Å². The molecule has 2 N–H and O–H groups in total. The molecule has 0 aliphatic rings. The van der Waals surface area contributed by atoms with Crippen LogP contribution in [0.2, 0.25) is 0 Å². The van der Waals surface area contributed by atoms with E-state index in [0.29, 0.717) is 12.1 Å². The summed E-state index contributed by atoms with van der Waals surface area (Å²) in [6, 6.07) is 5.67. The van der Waals surface area contributed by atoms with E-state index < -0.39 is 5.67 Å². The van der Waals surface area contributed by atoms with Crippen molar-refractivity contribution < 1.29 is 4.39 Å². The zero-order valence-corrected chi connectivity index (χ0v) is 10.1. The molecule has 0 aromatic heterocycles. The molecular formula is C11H15BrFN. The fraction of sp³-hybridized carbons (Fsp3) is 0.455. The van der Waals surface area contributed by atoms with E-state index in [4.69, 9.17) is 5.73 Å². The summed E-state index contributed by atoms with van der Waals surface area (Å²) in [5.41, 5.74) is 5.95. The second kappa shape index (κ2) is 4.41. The zero-order valence-electron chi connectivity index (χ0n) is 8.48. The van der Waals surface area contributed by atoms with Crippen LogP contribution in [0.3, 0.4) is 0 Å². The lowest BCUT2D eigenvalue weighted by molar-refractivity contribution is 0.220. The van der Waals surface area contributed by atoms with Crippen LogP contribution in [-0.2, 0) is 12.1 Å². The highest BCUT2D eigenvalue weighted by Gasteiger charge is 2.21. The summed E-state index contributed by atoms with van der Waals surface area (Å²) in [7, 11) is 0. The molecule has 0 radical (unpaired) electrons. The van der Waals surface area contributed by atoms with E-state index in [2.05, 4.69) is 15.9 Å². The van der Waals surface area contributed by atoms with Crippen LogP contribution in [0.15, 0.2) is 22.7 Å². The van der Waals surface area contributed by atoms with Crippen molar-refractivity contribution in [3.8, 4) is 0 Å². The van der Waals surface area contributed by atoms with E-state index in [1.54, 1.807) is 13.8 Å². The number of rotatable bonds is 3. The van der Waals surface area contributed by atoms with E-state index in [-0.39, 0.29) is 0 Å². The molecule has 0 saturated carbocycles. The van der Waals surface area contributed by atoms with E-state index in [1.165, 1.54) is 0 Å². The molecule has 1 aromatic rings. The van der Waals surface area contributed by atoms with Crippen LogP contribution >= 0.6 is 15.9 Å². The predicted octanol–water partition coefficient (Wildman–Crippen LogP) is 3.15. The predicted molar refractivity (Wildman–Crippen MR) is 61.0 cm³/mol. The van der Waals surface area contributed by atoms with Crippen LogP contribution in [0, 0.1) is 0 Å². The van der Waals surface area contributed by atoms with Gasteiger partial charge < -0.3 is 5.73 Å². The third-order valence-electron chi connectivity index (χ3n) is 2.11. The molecule has 0 saturated heterocycles. The lowest BCUT2D eigenvalue weighted by Gasteiger charge is -2.17. The summed E-state index contributed by atoms with van der Waals surface area (Å²) in [6.07, 6.45) is 0.825. The number of hydrogen-bond donors (Lipinski definition) is 1. The SMILES string of the molecule is CC(C)(F)c1ccc(CCN)cc1Br. The lowest BCUT2D eigenvalue weighted by atomic mass is 9.98.